The van der Waals surface area contributed by atoms with Gasteiger partial charge in [-0.05, 0) is 25.5 Å². The molecule has 1 amide bonds. The summed E-state index contributed by atoms with van der Waals surface area (Å²) in [4.78, 5) is 23.7. The highest BCUT2D eigenvalue weighted by atomic mass is 16.5. The van der Waals surface area contributed by atoms with Crippen molar-refractivity contribution in [3.63, 3.8) is 0 Å². The highest BCUT2D eigenvalue weighted by molar-refractivity contribution is 5.90. The number of amides is 1. The average Bonchev–Trinajstić information content (AvgIpc) is 2.45. The van der Waals surface area contributed by atoms with E-state index in [4.69, 9.17) is 15.7 Å². The van der Waals surface area contributed by atoms with Gasteiger partial charge in [0.2, 0.25) is 11.6 Å². The molecule has 22 heavy (non-hydrogen) atoms. The third kappa shape index (κ3) is 3.81. The molecule has 1 aromatic rings. The number of nitrogens with two attached hydrogens (primary N) is 1. The Labute approximate surface area is 128 Å². The summed E-state index contributed by atoms with van der Waals surface area (Å²) >= 11 is 0. The summed E-state index contributed by atoms with van der Waals surface area (Å²) in [6.07, 6.45) is -0.204. The normalized spacial score (nSPS) is 13.8. The summed E-state index contributed by atoms with van der Waals surface area (Å²) in [7, 11) is 1.17. The molecular weight excluding hydrogens is 286 g/mol. The molecule has 0 saturated carbocycles. The van der Waals surface area contributed by atoms with E-state index >= 15 is 0 Å². The van der Waals surface area contributed by atoms with Crippen molar-refractivity contribution in [2.24, 2.45) is 5.73 Å². The van der Waals surface area contributed by atoms with Gasteiger partial charge < -0.3 is 20.9 Å². The van der Waals surface area contributed by atoms with Crippen LogP contribution < -0.4 is 11.1 Å². The fourth-order valence-electron chi connectivity index (χ4n) is 1.78. The number of hydrogen-bond donors (Lipinski definition) is 3. The number of nitrogens with zero attached hydrogens (tertiary/aromatic N) is 1. The Morgan fingerprint density at radius 3 is 2.45 bits per heavy atom. The molecule has 7 nitrogen and oxygen atoms in total. The minimum atomic E-state index is -2.00. The zero-order chi connectivity index (χ0) is 17.0. The smallest absolute Gasteiger partial charge is 0.357 e. The van der Waals surface area contributed by atoms with Gasteiger partial charge in [0.05, 0.1) is 17.2 Å². The van der Waals surface area contributed by atoms with Crippen molar-refractivity contribution < 1.29 is 19.4 Å². The van der Waals surface area contributed by atoms with E-state index in [0.29, 0.717) is 11.1 Å². The first kappa shape index (κ1) is 17.6. The van der Waals surface area contributed by atoms with Gasteiger partial charge in [0.15, 0.2) is 0 Å². The van der Waals surface area contributed by atoms with Crippen molar-refractivity contribution in [3.05, 3.63) is 35.4 Å². The van der Waals surface area contributed by atoms with Crippen molar-refractivity contribution in [2.45, 2.75) is 31.5 Å². The molecule has 1 rings (SSSR count). The third-order valence-electron chi connectivity index (χ3n) is 3.17. The van der Waals surface area contributed by atoms with Gasteiger partial charge in [-0.1, -0.05) is 18.2 Å². The van der Waals surface area contributed by atoms with Crippen LogP contribution in [0.15, 0.2) is 24.3 Å². The molecule has 0 fully saturated rings. The fraction of sp³-hybridized carbons (Fsp3) is 0.400. The third-order valence-corrected chi connectivity index (χ3v) is 3.17. The molecule has 0 bridgehead atoms. The van der Waals surface area contributed by atoms with Crippen LogP contribution in [0.5, 0.6) is 0 Å². The zero-order valence-electron chi connectivity index (χ0n) is 12.7. The number of hydrogen-bond acceptors (Lipinski definition) is 5. The number of carboxylic acids is 1. The number of methoxy groups -OCH3 is 1. The van der Waals surface area contributed by atoms with Gasteiger partial charge in [0, 0.05) is 13.5 Å². The standard InChI is InChI=1S/C15H19N3O4/c1-14(2,17)12(19)18-15(22-3,13(20)21)8-10-6-4-5-7-11(10)9-16/h4-7H,8,17H2,1-3H3,(H,18,19)(H,20,21)/t15-/m1/s1. The van der Waals surface area contributed by atoms with E-state index < -0.39 is 23.1 Å². The summed E-state index contributed by atoms with van der Waals surface area (Å²) in [5.74, 6) is -2.05. The molecule has 0 aliphatic carbocycles. The molecule has 0 aromatic heterocycles. The summed E-state index contributed by atoms with van der Waals surface area (Å²) in [5.41, 5.74) is 3.17. The number of carbonyl (C=O) groups is 2. The maximum atomic E-state index is 12.0. The minimum absolute atomic E-state index is 0.204. The molecule has 0 aliphatic heterocycles. The molecule has 0 aliphatic rings. The van der Waals surface area contributed by atoms with Gasteiger partial charge in [0.1, 0.15) is 0 Å². The maximum Gasteiger partial charge on any atom is 0.357 e. The van der Waals surface area contributed by atoms with Crippen LogP contribution in [0, 0.1) is 11.3 Å². The second-order valence-electron chi connectivity index (χ2n) is 5.46. The Hall–Kier alpha value is -2.43. The Morgan fingerprint density at radius 1 is 1.41 bits per heavy atom. The van der Waals surface area contributed by atoms with E-state index in [1.165, 1.54) is 21.0 Å². The van der Waals surface area contributed by atoms with E-state index in [1.807, 2.05) is 6.07 Å². The number of aliphatic carboxylic acids is 1. The van der Waals surface area contributed by atoms with E-state index in [0.717, 1.165) is 0 Å². The maximum absolute atomic E-state index is 12.0. The van der Waals surface area contributed by atoms with Crippen LogP contribution in [0.3, 0.4) is 0 Å². The topological polar surface area (TPSA) is 125 Å². The van der Waals surface area contributed by atoms with Gasteiger partial charge in [-0.15, -0.1) is 0 Å². The van der Waals surface area contributed by atoms with Crippen LogP contribution in [0.2, 0.25) is 0 Å². The Balaban J connectivity index is 3.21. The first-order valence-electron chi connectivity index (χ1n) is 6.54. The SMILES string of the molecule is CO[C@@](Cc1ccccc1C#N)(NC(=O)C(C)(C)N)C(=O)O. The van der Waals surface area contributed by atoms with Crippen LogP contribution in [-0.4, -0.2) is 35.4 Å². The van der Waals surface area contributed by atoms with Crippen molar-refractivity contribution in [1.29, 1.82) is 5.26 Å². The zero-order valence-corrected chi connectivity index (χ0v) is 12.7. The summed E-state index contributed by atoms with van der Waals surface area (Å²) in [6, 6.07) is 8.49. The lowest BCUT2D eigenvalue weighted by atomic mass is 9.96. The van der Waals surface area contributed by atoms with Gasteiger partial charge in [0.25, 0.3) is 0 Å². The largest absolute Gasteiger partial charge is 0.478 e. The van der Waals surface area contributed by atoms with Crippen LogP contribution in [0.1, 0.15) is 25.0 Å². The summed E-state index contributed by atoms with van der Waals surface area (Å²) in [5, 5.41) is 20.9. The van der Waals surface area contributed by atoms with E-state index in [-0.39, 0.29) is 6.42 Å². The van der Waals surface area contributed by atoms with E-state index in [1.54, 1.807) is 24.3 Å². The number of carboxylic acid groups (broad SMARTS) is 1. The van der Waals surface area contributed by atoms with Crippen molar-refractivity contribution in [3.8, 4) is 6.07 Å². The molecular formula is C15H19N3O4. The van der Waals surface area contributed by atoms with Crippen molar-refractivity contribution in [1.82, 2.24) is 5.32 Å². The van der Waals surface area contributed by atoms with E-state index in [2.05, 4.69) is 5.32 Å². The first-order valence-corrected chi connectivity index (χ1v) is 6.54. The van der Waals surface area contributed by atoms with Gasteiger partial charge >= 0.3 is 5.97 Å². The van der Waals surface area contributed by atoms with Crippen LogP contribution >= 0.6 is 0 Å². The second-order valence-corrected chi connectivity index (χ2v) is 5.46. The number of carbonyl (C=O) groups excluding carboxylic acids is 1. The summed E-state index contributed by atoms with van der Waals surface area (Å²) in [6.45, 7) is 2.90. The van der Waals surface area contributed by atoms with Crippen LogP contribution in [0.4, 0.5) is 0 Å². The second kappa shape index (κ2) is 6.56. The monoisotopic (exact) mass is 305 g/mol. The molecule has 0 spiro atoms. The van der Waals surface area contributed by atoms with Gasteiger partial charge in [-0.3, -0.25) is 4.79 Å². The Kier molecular flexibility index (Phi) is 5.25. The predicted molar refractivity (Wildman–Crippen MR) is 78.6 cm³/mol. The highest BCUT2D eigenvalue weighted by Crippen LogP contribution is 2.19. The molecule has 118 valence electrons. The average molecular weight is 305 g/mol. The van der Waals surface area contributed by atoms with E-state index in [9.17, 15) is 14.7 Å². The predicted octanol–water partition coefficient (Wildman–Crippen LogP) is 0.382. The Bertz CT molecular complexity index is 616. The fourth-order valence-corrected chi connectivity index (χ4v) is 1.78. The molecule has 0 saturated heterocycles. The molecule has 0 heterocycles. The number of nitrogens with one attached hydrogen (secondary N) is 1. The molecule has 1 atom stereocenters. The van der Waals surface area contributed by atoms with Crippen LogP contribution in [0.25, 0.3) is 0 Å². The lowest BCUT2D eigenvalue weighted by Crippen LogP contribution is -2.63. The highest BCUT2D eigenvalue weighted by Gasteiger charge is 2.43. The minimum Gasteiger partial charge on any atom is -0.478 e. The molecule has 0 unspecified atom stereocenters. The number of rotatable bonds is 6. The lowest BCUT2D eigenvalue weighted by Gasteiger charge is -2.32. The van der Waals surface area contributed by atoms with Gasteiger partial charge in [-0.25, -0.2) is 4.79 Å². The lowest BCUT2D eigenvalue weighted by molar-refractivity contribution is -0.170. The molecule has 1 aromatic carbocycles. The quantitative estimate of drug-likeness (QED) is 0.652. The van der Waals surface area contributed by atoms with Crippen molar-refractivity contribution >= 4 is 11.9 Å². The molecule has 0 radical (unpaired) electrons. The molecule has 7 heteroatoms. The first-order chi connectivity index (χ1) is 10.2. The van der Waals surface area contributed by atoms with Crippen molar-refractivity contribution in [2.75, 3.05) is 7.11 Å². The number of benzene rings is 1. The molecule has 4 N–H and O–H groups in total. The Morgan fingerprint density at radius 2 is 2.00 bits per heavy atom. The number of nitriles is 1. The van der Waals surface area contributed by atoms with Crippen LogP contribution in [-0.2, 0) is 20.7 Å². The number of ether oxygens (including phenoxy) is 1. The van der Waals surface area contributed by atoms with Gasteiger partial charge in [-0.2, -0.15) is 5.26 Å². The summed E-state index contributed by atoms with van der Waals surface area (Å²) < 4.78 is 5.07.